The summed E-state index contributed by atoms with van der Waals surface area (Å²) in [7, 11) is 0. The minimum absolute atomic E-state index is 0.0702. The second kappa shape index (κ2) is 9.10. The van der Waals surface area contributed by atoms with Crippen molar-refractivity contribution >= 4 is 16.7 Å². The van der Waals surface area contributed by atoms with Gasteiger partial charge in [-0.1, -0.05) is 54.6 Å². The molecule has 3 aromatic carbocycles. The van der Waals surface area contributed by atoms with Crippen molar-refractivity contribution in [3.63, 3.8) is 0 Å². The Kier molecular flexibility index (Phi) is 6.11. The van der Waals surface area contributed by atoms with E-state index in [1.165, 1.54) is 5.56 Å². The van der Waals surface area contributed by atoms with Crippen molar-refractivity contribution in [3.8, 4) is 5.75 Å². The molecule has 0 spiro atoms. The smallest absolute Gasteiger partial charge is 0.257 e. The molecule has 1 heterocycles. The van der Waals surface area contributed by atoms with Gasteiger partial charge in [0.25, 0.3) is 5.91 Å². The predicted octanol–water partition coefficient (Wildman–Crippen LogP) is 4.59. The van der Waals surface area contributed by atoms with Gasteiger partial charge in [0.1, 0.15) is 5.75 Å². The molecule has 1 amide bonds. The molecule has 150 valence electrons. The van der Waals surface area contributed by atoms with Gasteiger partial charge in [0.15, 0.2) is 0 Å². The molecule has 0 bridgehead atoms. The second-order valence-corrected chi connectivity index (χ2v) is 7.54. The van der Waals surface area contributed by atoms with Gasteiger partial charge >= 0.3 is 0 Å². The van der Waals surface area contributed by atoms with Gasteiger partial charge in [0.2, 0.25) is 0 Å². The van der Waals surface area contributed by atoms with Crippen LogP contribution in [0.25, 0.3) is 10.8 Å². The Balaban J connectivity index is 1.51. The van der Waals surface area contributed by atoms with Crippen molar-refractivity contribution in [3.05, 3.63) is 77.9 Å². The van der Waals surface area contributed by atoms with Crippen molar-refractivity contribution in [1.82, 2.24) is 9.80 Å². The maximum atomic E-state index is 13.4. The molecular weight excluding hydrogens is 360 g/mol. The Bertz CT molecular complexity index is 971. The Hall–Kier alpha value is -2.85. The third-order valence-corrected chi connectivity index (χ3v) is 5.50. The third-order valence-electron chi connectivity index (χ3n) is 5.50. The largest absolute Gasteiger partial charge is 0.493 e. The first-order valence-corrected chi connectivity index (χ1v) is 10.5. The molecule has 0 saturated carbocycles. The van der Waals surface area contributed by atoms with E-state index in [2.05, 4.69) is 35.2 Å². The van der Waals surface area contributed by atoms with E-state index in [0.717, 1.165) is 49.9 Å². The lowest BCUT2D eigenvalue weighted by atomic mass is 10.0. The van der Waals surface area contributed by atoms with Gasteiger partial charge in [-0.2, -0.15) is 0 Å². The fraction of sp³-hybridized carbons (Fsp3) is 0.320. The fourth-order valence-corrected chi connectivity index (χ4v) is 4.01. The zero-order chi connectivity index (χ0) is 20.1. The minimum Gasteiger partial charge on any atom is -0.493 e. The first-order valence-electron chi connectivity index (χ1n) is 10.5. The number of hydrogen-bond donors (Lipinski definition) is 0. The molecular formula is C25H28N2O2. The zero-order valence-corrected chi connectivity index (χ0v) is 17.0. The van der Waals surface area contributed by atoms with Crippen LogP contribution in [0.15, 0.2) is 66.7 Å². The van der Waals surface area contributed by atoms with Crippen LogP contribution in [0.5, 0.6) is 5.75 Å². The number of amides is 1. The highest BCUT2D eigenvalue weighted by Crippen LogP contribution is 2.28. The van der Waals surface area contributed by atoms with Gasteiger partial charge in [0, 0.05) is 32.7 Å². The number of hydrogen-bond acceptors (Lipinski definition) is 3. The molecule has 0 radical (unpaired) electrons. The predicted molar refractivity (Wildman–Crippen MR) is 117 cm³/mol. The maximum absolute atomic E-state index is 13.4. The van der Waals surface area contributed by atoms with Crippen molar-refractivity contribution in [2.45, 2.75) is 19.9 Å². The molecule has 3 aromatic rings. The summed E-state index contributed by atoms with van der Waals surface area (Å²) in [5.74, 6) is 0.752. The van der Waals surface area contributed by atoms with Gasteiger partial charge in [-0.15, -0.1) is 0 Å². The first-order chi connectivity index (χ1) is 14.2. The van der Waals surface area contributed by atoms with Crippen molar-refractivity contribution < 1.29 is 9.53 Å². The van der Waals surface area contributed by atoms with E-state index in [9.17, 15) is 4.79 Å². The molecule has 4 rings (SSSR count). The van der Waals surface area contributed by atoms with Gasteiger partial charge in [-0.25, -0.2) is 0 Å². The molecule has 29 heavy (non-hydrogen) atoms. The van der Waals surface area contributed by atoms with Crippen LogP contribution in [0, 0.1) is 0 Å². The molecule has 0 N–H and O–H groups in total. The number of nitrogens with zero attached hydrogens (tertiary/aromatic N) is 2. The normalized spacial score (nSPS) is 15.3. The topological polar surface area (TPSA) is 32.8 Å². The van der Waals surface area contributed by atoms with Gasteiger partial charge < -0.3 is 9.64 Å². The average molecular weight is 389 g/mol. The molecule has 0 unspecified atom stereocenters. The number of carbonyl (C=O) groups excluding carboxylic acids is 1. The lowest BCUT2D eigenvalue weighted by molar-refractivity contribution is 0.0757. The van der Waals surface area contributed by atoms with Crippen molar-refractivity contribution in [2.75, 3.05) is 32.8 Å². The van der Waals surface area contributed by atoms with Crippen molar-refractivity contribution in [1.29, 1.82) is 0 Å². The van der Waals surface area contributed by atoms with Crippen LogP contribution in [-0.4, -0.2) is 48.5 Å². The molecule has 1 aliphatic heterocycles. The summed E-state index contributed by atoms with van der Waals surface area (Å²) in [6.45, 7) is 6.85. The molecule has 4 heteroatoms. The Morgan fingerprint density at radius 2 is 1.62 bits per heavy atom. The Morgan fingerprint density at radius 1 is 0.897 bits per heavy atom. The molecule has 0 aliphatic carbocycles. The highest BCUT2D eigenvalue weighted by Gasteiger charge is 2.23. The number of carbonyl (C=O) groups is 1. The molecule has 1 aliphatic rings. The van der Waals surface area contributed by atoms with E-state index in [0.29, 0.717) is 17.9 Å². The summed E-state index contributed by atoms with van der Waals surface area (Å²) < 4.78 is 5.83. The maximum Gasteiger partial charge on any atom is 0.257 e. The van der Waals surface area contributed by atoms with E-state index in [1.807, 2.05) is 48.2 Å². The highest BCUT2D eigenvalue weighted by molar-refractivity contribution is 6.01. The number of fused-ring (bicyclic) bond motifs is 1. The molecule has 4 nitrogen and oxygen atoms in total. The SMILES string of the molecule is CCOc1cc2ccccc2cc1C(=O)N1CCCN(Cc2ccccc2)CC1. The van der Waals surface area contributed by atoms with E-state index in [4.69, 9.17) is 4.74 Å². The van der Waals surface area contributed by atoms with Crippen LogP contribution < -0.4 is 4.74 Å². The highest BCUT2D eigenvalue weighted by atomic mass is 16.5. The summed E-state index contributed by atoms with van der Waals surface area (Å²) in [6.07, 6.45) is 0.982. The van der Waals surface area contributed by atoms with E-state index in [1.54, 1.807) is 0 Å². The van der Waals surface area contributed by atoms with Crippen molar-refractivity contribution in [2.24, 2.45) is 0 Å². The summed E-state index contributed by atoms with van der Waals surface area (Å²) in [6, 6.07) is 22.6. The Morgan fingerprint density at radius 3 is 2.38 bits per heavy atom. The van der Waals surface area contributed by atoms with Crippen LogP contribution in [-0.2, 0) is 6.54 Å². The third kappa shape index (κ3) is 4.60. The molecule has 0 atom stereocenters. The molecule has 0 aromatic heterocycles. The van der Waals surface area contributed by atoms with E-state index < -0.39 is 0 Å². The summed E-state index contributed by atoms with van der Waals surface area (Å²) >= 11 is 0. The van der Waals surface area contributed by atoms with Crippen LogP contribution in [0.1, 0.15) is 29.3 Å². The quantitative estimate of drug-likeness (QED) is 0.641. The number of ether oxygens (including phenoxy) is 1. The lowest BCUT2D eigenvalue weighted by Gasteiger charge is -2.23. The summed E-state index contributed by atoms with van der Waals surface area (Å²) in [4.78, 5) is 17.8. The van der Waals surface area contributed by atoms with E-state index in [-0.39, 0.29) is 5.91 Å². The monoisotopic (exact) mass is 388 g/mol. The minimum atomic E-state index is 0.0702. The van der Waals surface area contributed by atoms with Crippen LogP contribution in [0.2, 0.25) is 0 Å². The fourth-order valence-electron chi connectivity index (χ4n) is 4.01. The number of benzene rings is 3. The number of rotatable bonds is 5. The lowest BCUT2D eigenvalue weighted by Crippen LogP contribution is -2.35. The second-order valence-electron chi connectivity index (χ2n) is 7.54. The van der Waals surface area contributed by atoms with Gasteiger partial charge in [-0.05, 0) is 41.8 Å². The summed E-state index contributed by atoms with van der Waals surface area (Å²) in [5.41, 5.74) is 1.99. The van der Waals surface area contributed by atoms with Crippen LogP contribution >= 0.6 is 0 Å². The van der Waals surface area contributed by atoms with Crippen LogP contribution in [0.4, 0.5) is 0 Å². The average Bonchev–Trinajstić information content (AvgIpc) is 2.99. The van der Waals surface area contributed by atoms with Gasteiger partial charge in [-0.3, -0.25) is 9.69 Å². The zero-order valence-electron chi connectivity index (χ0n) is 17.0. The first kappa shape index (κ1) is 19.5. The molecule has 1 fully saturated rings. The van der Waals surface area contributed by atoms with Crippen LogP contribution in [0.3, 0.4) is 0 Å². The van der Waals surface area contributed by atoms with Gasteiger partial charge in [0.05, 0.1) is 12.2 Å². The molecule has 1 saturated heterocycles. The standard InChI is InChI=1S/C25H28N2O2/c1-2-29-24-18-22-12-7-6-11-21(22)17-23(24)25(28)27-14-8-13-26(15-16-27)19-20-9-4-3-5-10-20/h3-7,9-12,17-18H,2,8,13-16,19H2,1H3. The Labute approximate surface area is 172 Å². The summed E-state index contributed by atoms with van der Waals surface area (Å²) in [5, 5.41) is 2.16. The van der Waals surface area contributed by atoms with E-state index >= 15 is 0 Å².